The molecule has 0 aliphatic carbocycles. The van der Waals surface area contributed by atoms with Crippen molar-refractivity contribution in [3.8, 4) is 17.2 Å². The van der Waals surface area contributed by atoms with E-state index >= 15 is 0 Å². The molecule has 1 N–H and O–H groups in total. The molecular weight excluding hydrogens is 364 g/mol. The van der Waals surface area contributed by atoms with Crippen LogP contribution in [0.5, 0.6) is 17.2 Å². The molecule has 8 nitrogen and oxygen atoms in total. The zero-order valence-electron chi connectivity index (χ0n) is 15.9. The number of hydrogen-bond acceptors (Lipinski definition) is 6. The summed E-state index contributed by atoms with van der Waals surface area (Å²) in [6, 6.07) is 9.30. The van der Waals surface area contributed by atoms with Crippen LogP contribution in [0.1, 0.15) is 18.9 Å². The maximum absolute atomic E-state index is 12.2. The molecule has 1 amide bonds. The van der Waals surface area contributed by atoms with Crippen LogP contribution < -0.4 is 19.5 Å². The first-order valence-electron chi connectivity index (χ1n) is 8.60. The summed E-state index contributed by atoms with van der Waals surface area (Å²) in [6.45, 7) is 2.59. The topological polar surface area (TPSA) is 99.9 Å². The number of carbonyl (C=O) groups excluding carboxylic acids is 1. The Morgan fingerprint density at radius 1 is 1.11 bits per heavy atom. The minimum atomic E-state index is -0.542. The number of ether oxygens (including phenoxy) is 3. The number of non-ortho nitro benzene ring substituents is 1. The Morgan fingerprint density at radius 3 is 2.46 bits per heavy atom. The number of methoxy groups -OCH3 is 2. The molecule has 28 heavy (non-hydrogen) atoms. The second-order valence-electron chi connectivity index (χ2n) is 5.72. The smallest absolute Gasteiger partial charge is 0.271 e. The molecule has 0 atom stereocenters. The number of hydrogen-bond donors (Lipinski definition) is 1. The van der Waals surface area contributed by atoms with Crippen molar-refractivity contribution in [2.24, 2.45) is 0 Å². The summed E-state index contributed by atoms with van der Waals surface area (Å²) in [6.07, 6.45) is 3.80. The summed E-state index contributed by atoms with van der Waals surface area (Å²) >= 11 is 0. The van der Waals surface area contributed by atoms with Gasteiger partial charge >= 0.3 is 0 Å². The largest absolute Gasteiger partial charge is 0.495 e. The molecule has 2 aromatic carbocycles. The van der Waals surface area contributed by atoms with Crippen LogP contribution in [0.3, 0.4) is 0 Å². The molecule has 0 saturated carbocycles. The summed E-state index contributed by atoms with van der Waals surface area (Å²) in [7, 11) is 2.96. The highest BCUT2D eigenvalue weighted by Gasteiger charge is 2.12. The van der Waals surface area contributed by atoms with Gasteiger partial charge in [0.25, 0.3) is 5.69 Å². The first-order valence-corrected chi connectivity index (χ1v) is 8.60. The van der Waals surface area contributed by atoms with Gasteiger partial charge in [0.1, 0.15) is 5.75 Å². The van der Waals surface area contributed by atoms with Gasteiger partial charge in [-0.3, -0.25) is 14.9 Å². The maximum atomic E-state index is 12.2. The molecule has 2 rings (SSSR count). The Kier molecular flexibility index (Phi) is 7.38. The van der Waals surface area contributed by atoms with Gasteiger partial charge in [-0.05, 0) is 36.3 Å². The van der Waals surface area contributed by atoms with E-state index in [1.165, 1.54) is 31.4 Å². The fraction of sp³-hybridized carbons (Fsp3) is 0.250. The van der Waals surface area contributed by atoms with Gasteiger partial charge in [0, 0.05) is 18.2 Å². The zero-order valence-corrected chi connectivity index (χ0v) is 15.9. The normalized spacial score (nSPS) is 10.5. The molecule has 2 aromatic rings. The van der Waals surface area contributed by atoms with Gasteiger partial charge in [-0.15, -0.1) is 0 Å². The number of carbonyl (C=O) groups is 1. The van der Waals surface area contributed by atoms with Crippen LogP contribution in [0.2, 0.25) is 0 Å². The summed E-state index contributed by atoms with van der Waals surface area (Å²) in [4.78, 5) is 22.6. The molecule has 0 saturated heterocycles. The molecule has 0 aliphatic heterocycles. The third-order valence-electron chi connectivity index (χ3n) is 3.73. The molecule has 0 heterocycles. The lowest BCUT2D eigenvalue weighted by Gasteiger charge is -2.10. The minimum Gasteiger partial charge on any atom is -0.495 e. The Morgan fingerprint density at radius 2 is 1.82 bits per heavy atom. The van der Waals surface area contributed by atoms with Gasteiger partial charge in [0.05, 0.1) is 31.4 Å². The second kappa shape index (κ2) is 9.96. The lowest BCUT2D eigenvalue weighted by molar-refractivity contribution is -0.384. The van der Waals surface area contributed by atoms with E-state index in [0.717, 1.165) is 12.0 Å². The molecule has 0 unspecified atom stereocenters. The van der Waals surface area contributed by atoms with Crippen molar-refractivity contribution in [2.75, 3.05) is 26.1 Å². The van der Waals surface area contributed by atoms with Crippen LogP contribution in [0.15, 0.2) is 42.5 Å². The van der Waals surface area contributed by atoms with Gasteiger partial charge < -0.3 is 19.5 Å². The monoisotopic (exact) mass is 386 g/mol. The zero-order chi connectivity index (χ0) is 20.5. The van der Waals surface area contributed by atoms with Crippen molar-refractivity contribution in [3.05, 3.63) is 58.2 Å². The van der Waals surface area contributed by atoms with Crippen molar-refractivity contribution in [3.63, 3.8) is 0 Å². The predicted molar refractivity (Wildman–Crippen MR) is 106 cm³/mol. The van der Waals surface area contributed by atoms with Gasteiger partial charge in [-0.1, -0.05) is 13.0 Å². The van der Waals surface area contributed by atoms with Crippen molar-refractivity contribution in [1.82, 2.24) is 0 Å². The molecule has 0 spiro atoms. The minimum absolute atomic E-state index is 0.146. The summed E-state index contributed by atoms with van der Waals surface area (Å²) in [5.41, 5.74) is 0.807. The van der Waals surface area contributed by atoms with Crippen molar-refractivity contribution < 1.29 is 23.9 Å². The molecule has 0 bridgehead atoms. The van der Waals surface area contributed by atoms with Gasteiger partial charge in [0.2, 0.25) is 5.91 Å². The van der Waals surface area contributed by atoms with Crippen LogP contribution in [0.25, 0.3) is 6.08 Å². The quantitative estimate of drug-likeness (QED) is 0.396. The van der Waals surface area contributed by atoms with Crippen LogP contribution in [0, 0.1) is 10.1 Å². The average molecular weight is 386 g/mol. The SMILES string of the molecule is CCCOc1ccc(C=CC(=O)Nc2cc([N+](=O)[O-])ccc2OC)cc1OC. The van der Waals surface area contributed by atoms with Crippen LogP contribution in [0.4, 0.5) is 11.4 Å². The van der Waals surface area contributed by atoms with Crippen molar-refractivity contribution in [2.45, 2.75) is 13.3 Å². The molecule has 0 aliphatic rings. The van der Waals surface area contributed by atoms with E-state index in [0.29, 0.717) is 23.9 Å². The summed E-state index contributed by atoms with van der Waals surface area (Å²) in [5, 5.41) is 13.5. The van der Waals surface area contributed by atoms with Gasteiger partial charge in [-0.25, -0.2) is 0 Å². The van der Waals surface area contributed by atoms with E-state index in [1.54, 1.807) is 31.4 Å². The van der Waals surface area contributed by atoms with Crippen LogP contribution in [-0.2, 0) is 4.79 Å². The first kappa shape index (κ1) is 20.8. The number of nitrogens with zero attached hydrogens (tertiary/aromatic N) is 1. The van der Waals surface area contributed by atoms with E-state index in [1.807, 2.05) is 6.92 Å². The third-order valence-corrected chi connectivity index (χ3v) is 3.73. The van der Waals surface area contributed by atoms with E-state index in [-0.39, 0.29) is 11.4 Å². The second-order valence-corrected chi connectivity index (χ2v) is 5.72. The Hall–Kier alpha value is -3.55. The lowest BCUT2D eigenvalue weighted by atomic mass is 10.2. The van der Waals surface area contributed by atoms with E-state index in [9.17, 15) is 14.9 Å². The molecule has 0 fully saturated rings. The molecular formula is C20H22N2O6. The number of amides is 1. The summed E-state index contributed by atoms with van der Waals surface area (Å²) < 4.78 is 16.0. The summed E-state index contributed by atoms with van der Waals surface area (Å²) in [5.74, 6) is 1.07. The number of rotatable bonds is 9. The molecule has 0 radical (unpaired) electrons. The standard InChI is InChI=1S/C20H22N2O6/c1-4-11-28-18-8-5-14(12-19(18)27-3)6-10-20(23)21-16-13-15(22(24)25)7-9-17(16)26-2/h5-10,12-13H,4,11H2,1-3H3,(H,21,23). The molecule has 148 valence electrons. The molecule has 8 heteroatoms. The van der Waals surface area contributed by atoms with Crippen molar-refractivity contribution in [1.29, 1.82) is 0 Å². The number of nitro groups is 1. The highest BCUT2D eigenvalue weighted by atomic mass is 16.6. The maximum Gasteiger partial charge on any atom is 0.271 e. The van der Waals surface area contributed by atoms with Crippen molar-refractivity contribution >= 4 is 23.4 Å². The van der Waals surface area contributed by atoms with Gasteiger partial charge in [0.15, 0.2) is 11.5 Å². The Labute approximate surface area is 162 Å². The Balaban J connectivity index is 2.13. The fourth-order valence-corrected chi connectivity index (χ4v) is 2.37. The fourth-order valence-electron chi connectivity index (χ4n) is 2.37. The van der Waals surface area contributed by atoms with E-state index in [2.05, 4.69) is 5.32 Å². The lowest BCUT2D eigenvalue weighted by Crippen LogP contribution is -2.09. The highest BCUT2D eigenvalue weighted by Crippen LogP contribution is 2.30. The molecule has 0 aromatic heterocycles. The van der Waals surface area contributed by atoms with Crippen LogP contribution in [-0.4, -0.2) is 31.7 Å². The number of benzene rings is 2. The van der Waals surface area contributed by atoms with Crippen LogP contribution >= 0.6 is 0 Å². The number of anilines is 1. The average Bonchev–Trinajstić information content (AvgIpc) is 2.70. The number of nitro benzene ring substituents is 1. The Bertz CT molecular complexity index is 879. The van der Waals surface area contributed by atoms with E-state index < -0.39 is 10.8 Å². The predicted octanol–water partition coefficient (Wildman–Crippen LogP) is 4.05. The first-order chi connectivity index (χ1) is 13.5. The van der Waals surface area contributed by atoms with Gasteiger partial charge in [-0.2, -0.15) is 0 Å². The van der Waals surface area contributed by atoms with E-state index in [4.69, 9.17) is 14.2 Å². The number of nitrogens with one attached hydrogen (secondary N) is 1. The third kappa shape index (κ3) is 5.47. The highest BCUT2D eigenvalue weighted by molar-refractivity contribution is 6.03.